The van der Waals surface area contributed by atoms with Gasteiger partial charge in [0.15, 0.2) is 0 Å². The number of rotatable bonds is 4. The first-order valence-corrected chi connectivity index (χ1v) is 7.76. The zero-order chi connectivity index (χ0) is 15.4. The van der Waals surface area contributed by atoms with E-state index < -0.39 is 0 Å². The molecule has 1 N–H and O–H groups in total. The summed E-state index contributed by atoms with van der Waals surface area (Å²) in [6.45, 7) is 6.02. The smallest absolute Gasteiger partial charge is 0.118 e. The second-order valence-electron chi connectivity index (χ2n) is 5.77. The van der Waals surface area contributed by atoms with Crippen molar-refractivity contribution in [2.24, 2.45) is 0 Å². The van der Waals surface area contributed by atoms with Crippen molar-refractivity contribution >= 4 is 0 Å². The molecular weight excluding hydrogens is 274 g/mol. The third-order valence-corrected chi connectivity index (χ3v) is 4.21. The number of methoxy groups -OCH3 is 1. The molecule has 2 heterocycles. The molecule has 116 valence electrons. The van der Waals surface area contributed by atoms with Crippen LogP contribution in [-0.4, -0.2) is 36.6 Å². The molecule has 0 amide bonds. The summed E-state index contributed by atoms with van der Waals surface area (Å²) in [5.74, 6) is 0.904. The minimum atomic E-state index is 0.390. The van der Waals surface area contributed by atoms with Gasteiger partial charge in [0, 0.05) is 44.1 Å². The van der Waals surface area contributed by atoms with Crippen molar-refractivity contribution in [2.45, 2.75) is 19.5 Å². The van der Waals surface area contributed by atoms with E-state index in [9.17, 15) is 0 Å². The Labute approximate surface area is 132 Å². The second-order valence-corrected chi connectivity index (χ2v) is 5.77. The number of benzene rings is 1. The molecule has 4 heteroatoms. The van der Waals surface area contributed by atoms with E-state index in [-0.39, 0.29) is 0 Å². The van der Waals surface area contributed by atoms with Crippen molar-refractivity contribution in [2.75, 3.05) is 26.7 Å². The van der Waals surface area contributed by atoms with Gasteiger partial charge in [-0.2, -0.15) is 0 Å². The highest BCUT2D eigenvalue weighted by Gasteiger charge is 2.23. The highest BCUT2D eigenvalue weighted by Crippen LogP contribution is 2.25. The Hall–Kier alpha value is -1.91. The Kier molecular flexibility index (Phi) is 4.71. The summed E-state index contributed by atoms with van der Waals surface area (Å²) in [5.41, 5.74) is 3.66. The Morgan fingerprint density at radius 3 is 2.73 bits per heavy atom. The van der Waals surface area contributed by atoms with E-state index >= 15 is 0 Å². The number of hydrogen-bond acceptors (Lipinski definition) is 4. The predicted octanol–water partition coefficient (Wildman–Crippen LogP) is 2.55. The molecule has 1 fully saturated rings. The fraction of sp³-hybridized carbons (Fsp3) is 0.389. The maximum absolute atomic E-state index is 5.25. The summed E-state index contributed by atoms with van der Waals surface area (Å²) in [7, 11) is 1.70. The van der Waals surface area contributed by atoms with Gasteiger partial charge in [-0.15, -0.1) is 0 Å². The monoisotopic (exact) mass is 297 g/mol. The maximum atomic E-state index is 5.25. The lowest BCUT2D eigenvalue weighted by atomic mass is 10.0. The van der Waals surface area contributed by atoms with E-state index in [0.717, 1.165) is 37.6 Å². The number of nitrogens with zero attached hydrogens (tertiary/aromatic N) is 2. The van der Waals surface area contributed by atoms with Gasteiger partial charge in [0.05, 0.1) is 7.11 Å². The van der Waals surface area contributed by atoms with E-state index in [4.69, 9.17) is 4.74 Å². The van der Waals surface area contributed by atoms with Crippen LogP contribution in [0.1, 0.15) is 22.9 Å². The Morgan fingerprint density at radius 1 is 1.23 bits per heavy atom. The topological polar surface area (TPSA) is 37.4 Å². The molecule has 4 nitrogen and oxygen atoms in total. The molecule has 22 heavy (non-hydrogen) atoms. The molecule has 1 aliphatic heterocycles. The van der Waals surface area contributed by atoms with E-state index in [0.29, 0.717) is 6.04 Å². The van der Waals surface area contributed by atoms with Crippen LogP contribution in [0.2, 0.25) is 0 Å². The van der Waals surface area contributed by atoms with Crippen molar-refractivity contribution in [3.63, 3.8) is 0 Å². The standard InChI is InChI=1S/C18H23N3O/c1-14-3-4-15(11-20-14)13-21-10-9-19-12-18(21)16-5-7-17(22-2)8-6-16/h3-8,11,18-19H,9-10,12-13H2,1-2H3/t18-/m1/s1. The first kappa shape index (κ1) is 15.0. The van der Waals surface area contributed by atoms with E-state index in [1.54, 1.807) is 7.11 Å². The number of piperazine rings is 1. The SMILES string of the molecule is COc1ccc([C@H]2CNCCN2Cc2ccc(C)nc2)cc1. The number of hydrogen-bond donors (Lipinski definition) is 1. The molecule has 0 aliphatic carbocycles. The average molecular weight is 297 g/mol. The van der Waals surface area contributed by atoms with Crippen molar-refractivity contribution in [3.05, 3.63) is 59.4 Å². The largest absolute Gasteiger partial charge is 0.497 e. The fourth-order valence-corrected chi connectivity index (χ4v) is 2.92. The molecule has 1 atom stereocenters. The predicted molar refractivity (Wildman–Crippen MR) is 88.0 cm³/mol. The lowest BCUT2D eigenvalue weighted by molar-refractivity contribution is 0.153. The molecule has 1 saturated heterocycles. The third kappa shape index (κ3) is 3.46. The van der Waals surface area contributed by atoms with Crippen LogP contribution < -0.4 is 10.1 Å². The molecule has 0 unspecified atom stereocenters. The maximum Gasteiger partial charge on any atom is 0.118 e. The third-order valence-electron chi connectivity index (χ3n) is 4.21. The summed E-state index contributed by atoms with van der Waals surface area (Å²) in [5, 5.41) is 3.50. The van der Waals surface area contributed by atoms with Crippen LogP contribution in [-0.2, 0) is 6.54 Å². The number of pyridine rings is 1. The zero-order valence-electron chi connectivity index (χ0n) is 13.2. The van der Waals surface area contributed by atoms with Gasteiger partial charge in [-0.3, -0.25) is 9.88 Å². The van der Waals surface area contributed by atoms with E-state index in [2.05, 4.69) is 39.5 Å². The molecule has 1 aliphatic rings. The summed E-state index contributed by atoms with van der Waals surface area (Å²) in [6.07, 6.45) is 1.99. The van der Waals surface area contributed by atoms with Crippen LogP contribution in [0.3, 0.4) is 0 Å². The first-order chi connectivity index (χ1) is 10.8. The Morgan fingerprint density at radius 2 is 2.05 bits per heavy atom. The Bertz CT molecular complexity index is 595. The molecule has 1 aromatic heterocycles. The molecule has 0 bridgehead atoms. The van der Waals surface area contributed by atoms with Crippen molar-refractivity contribution in [3.8, 4) is 5.75 Å². The van der Waals surface area contributed by atoms with E-state index in [1.807, 2.05) is 25.3 Å². The quantitative estimate of drug-likeness (QED) is 0.941. The molecule has 0 saturated carbocycles. The molecule has 3 rings (SSSR count). The van der Waals surface area contributed by atoms with Gasteiger partial charge in [-0.1, -0.05) is 18.2 Å². The minimum absolute atomic E-state index is 0.390. The fourth-order valence-electron chi connectivity index (χ4n) is 2.92. The van der Waals surface area contributed by atoms with Gasteiger partial charge in [0.25, 0.3) is 0 Å². The molecule has 0 radical (unpaired) electrons. The highest BCUT2D eigenvalue weighted by molar-refractivity contribution is 5.30. The molecule has 0 spiro atoms. The zero-order valence-corrected chi connectivity index (χ0v) is 13.2. The summed E-state index contributed by atoms with van der Waals surface area (Å²) >= 11 is 0. The summed E-state index contributed by atoms with van der Waals surface area (Å²) in [4.78, 5) is 6.92. The van der Waals surface area contributed by atoms with Crippen molar-refractivity contribution in [1.82, 2.24) is 15.2 Å². The second kappa shape index (κ2) is 6.90. The molecule has 2 aromatic rings. The normalized spacial score (nSPS) is 19.1. The van der Waals surface area contributed by atoms with Crippen molar-refractivity contribution < 1.29 is 4.74 Å². The lowest BCUT2D eigenvalue weighted by Gasteiger charge is -2.36. The first-order valence-electron chi connectivity index (χ1n) is 7.76. The molecule has 1 aromatic carbocycles. The summed E-state index contributed by atoms with van der Waals surface area (Å²) in [6, 6.07) is 13.1. The average Bonchev–Trinajstić information content (AvgIpc) is 2.58. The Balaban J connectivity index is 1.76. The van der Waals surface area contributed by atoms with Gasteiger partial charge < -0.3 is 10.1 Å². The van der Waals surface area contributed by atoms with Gasteiger partial charge in [-0.05, 0) is 36.2 Å². The van der Waals surface area contributed by atoms with Crippen LogP contribution in [0.15, 0.2) is 42.6 Å². The number of aromatic nitrogens is 1. The molecular formula is C18H23N3O. The number of aryl methyl sites for hydroxylation is 1. The minimum Gasteiger partial charge on any atom is -0.497 e. The number of ether oxygens (including phenoxy) is 1. The van der Waals surface area contributed by atoms with Crippen LogP contribution in [0.25, 0.3) is 0 Å². The van der Waals surface area contributed by atoms with Crippen LogP contribution in [0, 0.1) is 6.92 Å². The highest BCUT2D eigenvalue weighted by atomic mass is 16.5. The lowest BCUT2D eigenvalue weighted by Crippen LogP contribution is -2.45. The number of nitrogens with one attached hydrogen (secondary N) is 1. The van der Waals surface area contributed by atoms with Gasteiger partial charge >= 0.3 is 0 Å². The van der Waals surface area contributed by atoms with Crippen LogP contribution >= 0.6 is 0 Å². The van der Waals surface area contributed by atoms with Crippen LogP contribution in [0.5, 0.6) is 5.75 Å². The summed E-state index contributed by atoms with van der Waals surface area (Å²) < 4.78 is 5.25. The van der Waals surface area contributed by atoms with Gasteiger partial charge in [0.1, 0.15) is 5.75 Å². The van der Waals surface area contributed by atoms with E-state index in [1.165, 1.54) is 11.1 Å². The van der Waals surface area contributed by atoms with Crippen molar-refractivity contribution in [1.29, 1.82) is 0 Å². The van der Waals surface area contributed by atoms with Gasteiger partial charge in [-0.25, -0.2) is 0 Å². The van der Waals surface area contributed by atoms with Crippen LogP contribution in [0.4, 0.5) is 0 Å². The van der Waals surface area contributed by atoms with Gasteiger partial charge in [0.2, 0.25) is 0 Å².